The van der Waals surface area contributed by atoms with Crippen molar-refractivity contribution in [2.75, 3.05) is 33.4 Å². The lowest BCUT2D eigenvalue weighted by atomic mass is 9.94. The SMILES string of the molecule is CCOCCN(C)C(C)CC(C)(N)C(=O)OCC. The number of carbonyl (C=O) groups is 1. The Hall–Kier alpha value is -0.650. The third-order valence-corrected chi connectivity index (χ3v) is 3.01. The molecule has 0 fully saturated rings. The zero-order chi connectivity index (χ0) is 14.2. The smallest absolute Gasteiger partial charge is 0.325 e. The molecule has 2 atom stereocenters. The van der Waals surface area contributed by atoms with E-state index in [9.17, 15) is 4.79 Å². The average Bonchev–Trinajstić information content (AvgIpc) is 2.28. The van der Waals surface area contributed by atoms with Gasteiger partial charge in [0.2, 0.25) is 0 Å². The highest BCUT2D eigenvalue weighted by atomic mass is 16.5. The van der Waals surface area contributed by atoms with Gasteiger partial charge in [-0.2, -0.15) is 0 Å². The second-order valence-corrected chi connectivity index (χ2v) is 4.87. The third kappa shape index (κ3) is 6.33. The first-order valence-corrected chi connectivity index (χ1v) is 6.59. The Morgan fingerprint density at radius 2 is 2.00 bits per heavy atom. The first-order valence-electron chi connectivity index (χ1n) is 6.59. The van der Waals surface area contributed by atoms with Crippen LogP contribution in [-0.2, 0) is 14.3 Å². The number of nitrogens with zero attached hydrogens (tertiary/aromatic N) is 1. The second kappa shape index (κ2) is 8.45. The van der Waals surface area contributed by atoms with Crippen LogP contribution in [0, 0.1) is 0 Å². The zero-order valence-electron chi connectivity index (χ0n) is 12.4. The summed E-state index contributed by atoms with van der Waals surface area (Å²) in [5.74, 6) is -0.338. The number of rotatable bonds is 9. The van der Waals surface area contributed by atoms with Crippen molar-refractivity contribution in [2.24, 2.45) is 5.73 Å². The summed E-state index contributed by atoms with van der Waals surface area (Å²) < 4.78 is 10.3. The summed E-state index contributed by atoms with van der Waals surface area (Å²) in [4.78, 5) is 13.8. The molecule has 0 rings (SSSR count). The second-order valence-electron chi connectivity index (χ2n) is 4.87. The van der Waals surface area contributed by atoms with Crippen LogP contribution in [0.5, 0.6) is 0 Å². The van der Waals surface area contributed by atoms with Crippen molar-refractivity contribution in [1.82, 2.24) is 4.90 Å². The molecule has 0 heterocycles. The van der Waals surface area contributed by atoms with Gasteiger partial charge < -0.3 is 20.1 Å². The molecule has 0 aromatic carbocycles. The third-order valence-electron chi connectivity index (χ3n) is 3.01. The minimum Gasteiger partial charge on any atom is -0.465 e. The van der Waals surface area contributed by atoms with Gasteiger partial charge in [0.05, 0.1) is 13.2 Å². The molecular weight excluding hydrogens is 232 g/mol. The molecule has 108 valence electrons. The number of hydrogen-bond acceptors (Lipinski definition) is 5. The van der Waals surface area contributed by atoms with Crippen molar-refractivity contribution in [3.8, 4) is 0 Å². The molecule has 2 N–H and O–H groups in total. The summed E-state index contributed by atoms with van der Waals surface area (Å²) in [6.07, 6.45) is 0.564. The van der Waals surface area contributed by atoms with Gasteiger partial charge >= 0.3 is 5.97 Å². The first kappa shape index (κ1) is 17.4. The highest BCUT2D eigenvalue weighted by molar-refractivity contribution is 5.80. The standard InChI is InChI=1S/C13H28N2O3/c1-6-17-9-8-15(5)11(3)10-13(4,14)12(16)18-7-2/h11H,6-10,14H2,1-5H3. The van der Waals surface area contributed by atoms with E-state index in [1.54, 1.807) is 13.8 Å². The number of nitrogens with two attached hydrogens (primary N) is 1. The van der Waals surface area contributed by atoms with Crippen molar-refractivity contribution in [3.63, 3.8) is 0 Å². The molecule has 0 aliphatic rings. The Kier molecular flexibility index (Phi) is 8.15. The first-order chi connectivity index (χ1) is 8.35. The quantitative estimate of drug-likeness (QED) is 0.495. The molecule has 5 nitrogen and oxygen atoms in total. The van der Waals surface area contributed by atoms with Gasteiger partial charge in [0.15, 0.2) is 0 Å². The molecule has 0 saturated carbocycles. The van der Waals surface area contributed by atoms with E-state index in [1.807, 2.05) is 14.0 Å². The van der Waals surface area contributed by atoms with Gasteiger partial charge in [-0.25, -0.2) is 0 Å². The van der Waals surface area contributed by atoms with Crippen LogP contribution in [0.15, 0.2) is 0 Å². The molecule has 0 aromatic heterocycles. The Morgan fingerprint density at radius 3 is 2.50 bits per heavy atom. The lowest BCUT2D eigenvalue weighted by molar-refractivity contribution is -0.149. The molecule has 0 aliphatic heterocycles. The van der Waals surface area contributed by atoms with Crippen molar-refractivity contribution < 1.29 is 14.3 Å². The van der Waals surface area contributed by atoms with Crippen molar-refractivity contribution in [1.29, 1.82) is 0 Å². The maximum atomic E-state index is 11.7. The molecule has 2 unspecified atom stereocenters. The summed E-state index contributed by atoms with van der Waals surface area (Å²) in [6.45, 7) is 10.1. The fourth-order valence-electron chi connectivity index (χ4n) is 1.72. The van der Waals surface area contributed by atoms with E-state index in [4.69, 9.17) is 15.2 Å². The van der Waals surface area contributed by atoms with Gasteiger partial charge in [-0.3, -0.25) is 4.79 Å². The molecule has 0 aromatic rings. The maximum Gasteiger partial charge on any atom is 0.325 e. The lowest BCUT2D eigenvalue weighted by Crippen LogP contribution is -2.50. The minimum atomic E-state index is -0.935. The molecule has 0 bridgehead atoms. The van der Waals surface area contributed by atoms with Crippen LogP contribution >= 0.6 is 0 Å². The topological polar surface area (TPSA) is 64.8 Å². The van der Waals surface area contributed by atoms with E-state index in [0.717, 1.165) is 13.2 Å². The summed E-state index contributed by atoms with van der Waals surface area (Å²) in [5.41, 5.74) is 5.07. The van der Waals surface area contributed by atoms with Crippen LogP contribution in [0.1, 0.15) is 34.1 Å². The Bertz CT molecular complexity index is 244. The molecule has 0 aliphatic carbocycles. The van der Waals surface area contributed by atoms with Gasteiger partial charge in [-0.15, -0.1) is 0 Å². The molecule has 0 spiro atoms. The van der Waals surface area contributed by atoms with Gasteiger partial charge in [-0.05, 0) is 41.2 Å². The summed E-state index contributed by atoms with van der Waals surface area (Å²) in [5, 5.41) is 0. The van der Waals surface area contributed by atoms with Gasteiger partial charge in [0.25, 0.3) is 0 Å². The van der Waals surface area contributed by atoms with E-state index in [1.165, 1.54) is 0 Å². The predicted octanol–water partition coefficient (Wildman–Crippen LogP) is 1.01. The normalized spacial score (nSPS) is 16.4. The molecule has 0 saturated heterocycles. The van der Waals surface area contributed by atoms with Crippen LogP contribution in [0.4, 0.5) is 0 Å². The van der Waals surface area contributed by atoms with E-state index >= 15 is 0 Å². The average molecular weight is 260 g/mol. The Labute approximate surface area is 111 Å². The van der Waals surface area contributed by atoms with Crippen molar-refractivity contribution in [2.45, 2.75) is 45.7 Å². The zero-order valence-corrected chi connectivity index (χ0v) is 12.4. The molecule has 5 heteroatoms. The lowest BCUT2D eigenvalue weighted by Gasteiger charge is -2.31. The largest absolute Gasteiger partial charge is 0.465 e. The highest BCUT2D eigenvalue weighted by Gasteiger charge is 2.32. The maximum absolute atomic E-state index is 11.7. The van der Waals surface area contributed by atoms with Gasteiger partial charge in [0.1, 0.15) is 5.54 Å². The number of likely N-dealkylation sites (N-methyl/N-ethyl adjacent to an activating group) is 1. The van der Waals surface area contributed by atoms with Crippen LogP contribution in [0.3, 0.4) is 0 Å². The predicted molar refractivity (Wildman–Crippen MR) is 72.4 cm³/mol. The summed E-state index contributed by atoms with van der Waals surface area (Å²) in [6, 6.07) is 0.199. The van der Waals surface area contributed by atoms with Crippen LogP contribution < -0.4 is 5.73 Å². The molecule has 0 amide bonds. The number of ether oxygens (including phenoxy) is 2. The number of hydrogen-bond donors (Lipinski definition) is 1. The van der Waals surface area contributed by atoms with E-state index < -0.39 is 5.54 Å². The number of carbonyl (C=O) groups excluding carboxylic acids is 1. The van der Waals surface area contributed by atoms with Gasteiger partial charge in [-0.1, -0.05) is 0 Å². The molecular formula is C13H28N2O3. The fourth-order valence-corrected chi connectivity index (χ4v) is 1.72. The summed E-state index contributed by atoms with van der Waals surface area (Å²) >= 11 is 0. The monoisotopic (exact) mass is 260 g/mol. The fraction of sp³-hybridized carbons (Fsp3) is 0.923. The molecule has 0 radical (unpaired) electrons. The van der Waals surface area contributed by atoms with E-state index in [2.05, 4.69) is 11.8 Å². The van der Waals surface area contributed by atoms with Gasteiger partial charge in [0, 0.05) is 19.2 Å². The Morgan fingerprint density at radius 1 is 1.39 bits per heavy atom. The van der Waals surface area contributed by atoms with E-state index in [0.29, 0.717) is 19.6 Å². The van der Waals surface area contributed by atoms with Crippen LogP contribution in [0.25, 0.3) is 0 Å². The van der Waals surface area contributed by atoms with Crippen LogP contribution in [0.2, 0.25) is 0 Å². The number of esters is 1. The van der Waals surface area contributed by atoms with Crippen molar-refractivity contribution in [3.05, 3.63) is 0 Å². The van der Waals surface area contributed by atoms with E-state index in [-0.39, 0.29) is 12.0 Å². The van der Waals surface area contributed by atoms with Crippen LogP contribution in [-0.4, -0.2) is 55.9 Å². The van der Waals surface area contributed by atoms with Crippen molar-refractivity contribution >= 4 is 5.97 Å². The Balaban J connectivity index is 4.18. The summed E-state index contributed by atoms with van der Waals surface area (Å²) in [7, 11) is 2.00. The minimum absolute atomic E-state index is 0.199. The molecule has 18 heavy (non-hydrogen) atoms. The highest BCUT2D eigenvalue weighted by Crippen LogP contribution is 2.14.